The lowest BCUT2D eigenvalue weighted by Gasteiger charge is -2.09. The molecule has 10 heteroatoms. The minimum Gasteiger partial charge on any atom is -0.292 e. The summed E-state index contributed by atoms with van der Waals surface area (Å²) in [6, 6.07) is 2.59. The van der Waals surface area contributed by atoms with Crippen molar-refractivity contribution in [3.63, 3.8) is 0 Å². The van der Waals surface area contributed by atoms with E-state index in [1.165, 1.54) is 0 Å². The summed E-state index contributed by atoms with van der Waals surface area (Å²) in [6.45, 7) is 3.54. The van der Waals surface area contributed by atoms with Gasteiger partial charge in [0.1, 0.15) is 5.03 Å². The first kappa shape index (κ1) is 15.4. The molecule has 0 radical (unpaired) electrons. The molecule has 2 heterocycles. The van der Waals surface area contributed by atoms with Crippen LogP contribution in [0.15, 0.2) is 22.3 Å². The summed E-state index contributed by atoms with van der Waals surface area (Å²) in [5.41, 5.74) is 2.36. The molecule has 3 N–H and O–H groups in total. The molecule has 0 aliphatic carbocycles. The van der Waals surface area contributed by atoms with E-state index in [2.05, 4.69) is 19.9 Å². The number of nitrogens with one attached hydrogen (secondary N) is 1. The Morgan fingerprint density at radius 2 is 1.67 bits per heavy atom. The Morgan fingerprint density at radius 3 is 2.19 bits per heavy atom. The monoisotopic (exact) mass is 316 g/mol. The highest BCUT2D eigenvalue weighted by atomic mass is 32.2. The predicted molar refractivity (Wildman–Crippen MR) is 70.5 cm³/mol. The molecule has 0 unspecified atom stereocenters. The number of nitrogens with two attached hydrogens (primary N) is 1. The number of aryl methyl sites for hydroxylation is 2. The normalized spacial score (nSPS) is 11.5. The molecule has 0 aliphatic rings. The largest absolute Gasteiger partial charge is 0.433 e. The first-order valence-electron chi connectivity index (χ1n) is 5.71. The maximum absolute atomic E-state index is 12.8. The number of rotatable bonds is 3. The smallest absolute Gasteiger partial charge is 0.292 e. The molecule has 0 aliphatic heterocycles. The van der Waals surface area contributed by atoms with Gasteiger partial charge >= 0.3 is 6.18 Å². The number of halogens is 3. The number of hydrazine groups is 1. The lowest BCUT2D eigenvalue weighted by molar-refractivity contribution is -0.141. The van der Waals surface area contributed by atoms with E-state index < -0.39 is 11.9 Å². The SMILES string of the molecule is Cc1cc(C)nc(Sc2cc(C(F)(F)F)nc(NN)n2)n1. The van der Waals surface area contributed by atoms with Crippen molar-refractivity contribution in [3.8, 4) is 0 Å². The highest BCUT2D eigenvalue weighted by Gasteiger charge is 2.33. The Hall–Kier alpha value is -1.94. The summed E-state index contributed by atoms with van der Waals surface area (Å²) in [6.07, 6.45) is -4.59. The summed E-state index contributed by atoms with van der Waals surface area (Å²) in [7, 11) is 0. The number of nitrogens with zero attached hydrogens (tertiary/aromatic N) is 4. The Bertz CT molecular complexity index is 641. The summed E-state index contributed by atoms with van der Waals surface area (Å²) in [5, 5.41) is 0.359. The molecule has 2 rings (SSSR count). The van der Waals surface area contributed by atoms with Crippen LogP contribution in [0.1, 0.15) is 17.1 Å². The third-order valence-corrected chi connectivity index (χ3v) is 3.06. The third-order valence-electron chi connectivity index (χ3n) is 2.28. The minimum atomic E-state index is -4.59. The summed E-state index contributed by atoms with van der Waals surface area (Å²) >= 11 is 0.907. The third kappa shape index (κ3) is 4.02. The molecule has 6 nitrogen and oxygen atoms in total. The van der Waals surface area contributed by atoms with Gasteiger partial charge in [0.15, 0.2) is 10.9 Å². The molecule has 0 spiro atoms. The van der Waals surface area contributed by atoms with E-state index in [0.29, 0.717) is 16.5 Å². The van der Waals surface area contributed by atoms with Crippen LogP contribution in [0.25, 0.3) is 0 Å². The first-order valence-corrected chi connectivity index (χ1v) is 6.52. The van der Waals surface area contributed by atoms with E-state index in [4.69, 9.17) is 5.84 Å². The number of anilines is 1. The lowest BCUT2D eigenvalue weighted by Crippen LogP contribution is -2.15. The van der Waals surface area contributed by atoms with E-state index in [1.54, 1.807) is 19.9 Å². The number of nitrogen functional groups attached to an aromatic ring is 1. The van der Waals surface area contributed by atoms with Gasteiger partial charge in [-0.2, -0.15) is 13.2 Å². The van der Waals surface area contributed by atoms with Crippen LogP contribution in [-0.4, -0.2) is 19.9 Å². The van der Waals surface area contributed by atoms with Gasteiger partial charge in [-0.3, -0.25) is 5.43 Å². The number of alkyl halides is 3. The standard InChI is InChI=1S/C11H11F3N6S/c1-5-3-6(2)17-10(16-5)21-8-4-7(11(12,13)14)18-9(19-8)20-15/h3-4H,15H2,1-2H3,(H,18,19,20). The molecule has 21 heavy (non-hydrogen) atoms. The second-order valence-corrected chi connectivity index (χ2v) is 5.08. The topological polar surface area (TPSA) is 89.6 Å². The van der Waals surface area contributed by atoms with Crippen molar-refractivity contribution >= 4 is 17.7 Å². The van der Waals surface area contributed by atoms with Crippen LogP contribution in [0.3, 0.4) is 0 Å². The number of hydrogen-bond donors (Lipinski definition) is 2. The fraction of sp³-hybridized carbons (Fsp3) is 0.273. The molecular weight excluding hydrogens is 305 g/mol. The lowest BCUT2D eigenvalue weighted by atomic mass is 10.4. The van der Waals surface area contributed by atoms with Gasteiger partial charge in [-0.05, 0) is 31.7 Å². The van der Waals surface area contributed by atoms with Gasteiger partial charge in [0.05, 0.1) is 0 Å². The van der Waals surface area contributed by atoms with Crippen LogP contribution < -0.4 is 11.3 Å². The molecule has 0 fully saturated rings. The van der Waals surface area contributed by atoms with Gasteiger partial charge in [-0.25, -0.2) is 25.8 Å². The number of hydrogen-bond acceptors (Lipinski definition) is 7. The van der Waals surface area contributed by atoms with Gasteiger partial charge in [0.25, 0.3) is 0 Å². The van der Waals surface area contributed by atoms with Gasteiger partial charge < -0.3 is 0 Å². The maximum Gasteiger partial charge on any atom is 0.433 e. The van der Waals surface area contributed by atoms with E-state index in [9.17, 15) is 13.2 Å². The highest BCUT2D eigenvalue weighted by molar-refractivity contribution is 7.99. The van der Waals surface area contributed by atoms with Crippen LogP contribution in [0.5, 0.6) is 0 Å². The molecule has 2 aromatic heterocycles. The average Bonchev–Trinajstić information content (AvgIpc) is 2.36. The minimum absolute atomic E-state index is 0.0512. The molecule has 2 aromatic rings. The Morgan fingerprint density at radius 1 is 1.05 bits per heavy atom. The second-order valence-electron chi connectivity index (χ2n) is 4.09. The molecule has 0 atom stereocenters. The molecule has 0 aromatic carbocycles. The van der Waals surface area contributed by atoms with Crippen molar-refractivity contribution in [3.05, 3.63) is 29.2 Å². The highest BCUT2D eigenvalue weighted by Crippen LogP contribution is 2.32. The van der Waals surface area contributed by atoms with Gasteiger partial charge in [-0.1, -0.05) is 0 Å². The van der Waals surface area contributed by atoms with Crippen molar-refractivity contribution in [1.29, 1.82) is 0 Å². The number of aromatic nitrogens is 4. The van der Waals surface area contributed by atoms with Crippen molar-refractivity contribution in [2.24, 2.45) is 5.84 Å². The zero-order valence-corrected chi connectivity index (χ0v) is 11.9. The Balaban J connectivity index is 2.39. The van der Waals surface area contributed by atoms with E-state index in [-0.39, 0.29) is 11.0 Å². The zero-order valence-electron chi connectivity index (χ0n) is 11.1. The predicted octanol–water partition coefficient (Wildman–Crippen LogP) is 2.34. The molecule has 0 saturated heterocycles. The van der Waals surface area contributed by atoms with Crippen LogP contribution >= 0.6 is 11.8 Å². The molecule has 0 saturated carbocycles. The Labute approximate surface area is 122 Å². The van der Waals surface area contributed by atoms with Crippen LogP contribution in [0.2, 0.25) is 0 Å². The van der Waals surface area contributed by atoms with Crippen LogP contribution in [-0.2, 0) is 6.18 Å². The van der Waals surface area contributed by atoms with Crippen molar-refractivity contribution in [1.82, 2.24) is 19.9 Å². The van der Waals surface area contributed by atoms with Crippen LogP contribution in [0, 0.1) is 13.8 Å². The molecule has 0 bridgehead atoms. The summed E-state index contributed by atoms with van der Waals surface area (Å²) < 4.78 is 38.3. The van der Waals surface area contributed by atoms with E-state index in [0.717, 1.165) is 17.8 Å². The van der Waals surface area contributed by atoms with Crippen molar-refractivity contribution in [2.75, 3.05) is 5.43 Å². The second kappa shape index (κ2) is 5.82. The zero-order chi connectivity index (χ0) is 15.6. The summed E-state index contributed by atoms with van der Waals surface area (Å²) in [5.74, 6) is 4.77. The van der Waals surface area contributed by atoms with Crippen LogP contribution in [0.4, 0.5) is 19.1 Å². The van der Waals surface area contributed by atoms with Gasteiger partial charge in [-0.15, -0.1) is 0 Å². The Kier molecular flexibility index (Phi) is 4.28. The fourth-order valence-electron chi connectivity index (χ4n) is 1.52. The first-order chi connectivity index (χ1) is 9.77. The fourth-order valence-corrected chi connectivity index (χ4v) is 2.39. The van der Waals surface area contributed by atoms with Gasteiger partial charge in [0, 0.05) is 17.5 Å². The van der Waals surface area contributed by atoms with Gasteiger partial charge in [0.2, 0.25) is 5.95 Å². The molecular formula is C11H11F3N6S. The van der Waals surface area contributed by atoms with Crippen molar-refractivity contribution in [2.45, 2.75) is 30.2 Å². The average molecular weight is 316 g/mol. The molecule has 112 valence electrons. The maximum atomic E-state index is 12.8. The summed E-state index contributed by atoms with van der Waals surface area (Å²) in [4.78, 5) is 15.4. The van der Waals surface area contributed by atoms with E-state index >= 15 is 0 Å². The quantitative estimate of drug-likeness (QED) is 0.389. The van der Waals surface area contributed by atoms with Crippen molar-refractivity contribution < 1.29 is 13.2 Å². The molecule has 0 amide bonds. The van der Waals surface area contributed by atoms with E-state index in [1.807, 2.05) is 5.43 Å².